The first-order valence-corrected chi connectivity index (χ1v) is 20.7. The Kier molecular flexibility index (Phi) is 11.4. The molecular weight excluding hydrogens is 697 g/mol. The topological polar surface area (TPSA) is 119 Å². The number of anilines is 1. The number of nitrogens with zero attached hydrogens (tertiary/aromatic N) is 4. The summed E-state index contributed by atoms with van der Waals surface area (Å²) < 4.78 is 23.5. The molecule has 2 fully saturated rings. The molecule has 2 aliphatic rings. The molecule has 5 aromatic rings. The zero-order valence-electron chi connectivity index (χ0n) is 30.9. The number of likely N-dealkylation sites (N-methyl/N-ethyl adjacent to an activating group) is 1. The summed E-state index contributed by atoms with van der Waals surface area (Å²) in [6, 6.07) is 33.1. The fraction of sp³-hybridized carbons (Fsp3) is 0.326. The van der Waals surface area contributed by atoms with Crippen LogP contribution in [0.4, 0.5) is 5.69 Å². The fourth-order valence-electron chi connectivity index (χ4n) is 7.60. The first-order chi connectivity index (χ1) is 26.2. The van der Waals surface area contributed by atoms with Crippen LogP contribution in [0.2, 0.25) is 0 Å². The Morgan fingerprint density at radius 1 is 0.852 bits per heavy atom. The van der Waals surface area contributed by atoms with Crippen molar-refractivity contribution in [3.05, 3.63) is 132 Å². The van der Waals surface area contributed by atoms with E-state index in [-0.39, 0.29) is 35.4 Å². The Morgan fingerprint density at radius 3 is 2.26 bits per heavy atom. The molecule has 1 aromatic heterocycles. The molecule has 0 bridgehead atoms. The first kappa shape index (κ1) is 37.2. The van der Waals surface area contributed by atoms with Crippen molar-refractivity contribution in [3.8, 4) is 22.4 Å². The number of nitrogens with one attached hydrogen (secondary N) is 2. The van der Waals surface area contributed by atoms with Gasteiger partial charge in [0.2, 0.25) is 5.91 Å². The molecule has 2 N–H and O–H groups in total. The number of benzene rings is 4. The lowest BCUT2D eigenvalue weighted by molar-refractivity contribution is -0.138. The third kappa shape index (κ3) is 8.49. The highest BCUT2D eigenvalue weighted by Gasteiger charge is 2.38. The molecule has 3 heterocycles. The molecule has 2 saturated heterocycles. The molecule has 2 atom stereocenters. The van der Waals surface area contributed by atoms with Gasteiger partial charge in [0.25, 0.3) is 5.91 Å². The van der Waals surface area contributed by atoms with Crippen molar-refractivity contribution in [1.29, 1.82) is 0 Å². The summed E-state index contributed by atoms with van der Waals surface area (Å²) in [4.78, 5) is 42.0. The summed E-state index contributed by atoms with van der Waals surface area (Å²) in [6.45, 7) is 8.25. The Morgan fingerprint density at radius 2 is 1.56 bits per heavy atom. The number of amides is 2. The van der Waals surface area contributed by atoms with Crippen LogP contribution in [0.15, 0.2) is 109 Å². The molecule has 10 nitrogen and oxygen atoms in total. The Bertz CT molecular complexity index is 2150. The second-order valence-electron chi connectivity index (χ2n) is 14.1. The third-order valence-electron chi connectivity index (χ3n) is 10.7. The van der Waals surface area contributed by atoms with Crippen LogP contribution in [-0.4, -0.2) is 89.1 Å². The van der Waals surface area contributed by atoms with Gasteiger partial charge < -0.3 is 15.2 Å². The van der Waals surface area contributed by atoms with Crippen LogP contribution in [0.5, 0.6) is 0 Å². The molecule has 0 spiro atoms. The smallest absolute Gasteiger partial charge is 0.255 e. The number of H-pyrrole nitrogens is 1. The largest absolute Gasteiger partial charge is 0.340 e. The summed E-state index contributed by atoms with van der Waals surface area (Å²) in [5, 5.41) is 2.98. The summed E-state index contributed by atoms with van der Waals surface area (Å²) in [6.07, 6.45) is 3.64. The van der Waals surface area contributed by atoms with Gasteiger partial charge in [-0.05, 0) is 78.5 Å². The predicted molar refractivity (Wildman–Crippen MR) is 214 cm³/mol. The maximum Gasteiger partial charge on any atom is 0.255 e. The number of imidazole rings is 1. The van der Waals surface area contributed by atoms with E-state index in [2.05, 4.69) is 46.1 Å². The molecule has 2 aliphatic heterocycles. The molecule has 4 aromatic carbocycles. The van der Waals surface area contributed by atoms with Crippen molar-refractivity contribution >= 4 is 27.3 Å². The van der Waals surface area contributed by atoms with Gasteiger partial charge in [0.15, 0.2) is 9.84 Å². The first-order valence-electron chi connectivity index (χ1n) is 18.9. The van der Waals surface area contributed by atoms with Gasteiger partial charge in [0.05, 0.1) is 29.4 Å². The minimum Gasteiger partial charge on any atom is -0.340 e. The number of carbonyl (C=O) groups is 2. The van der Waals surface area contributed by atoms with Crippen LogP contribution in [0.1, 0.15) is 66.1 Å². The molecule has 280 valence electrons. The minimum atomic E-state index is -2.91. The van der Waals surface area contributed by atoms with E-state index >= 15 is 0 Å². The zero-order valence-corrected chi connectivity index (χ0v) is 31.8. The maximum absolute atomic E-state index is 14.2. The van der Waals surface area contributed by atoms with Crippen molar-refractivity contribution in [2.24, 2.45) is 0 Å². The number of hydrogen-bond donors (Lipinski definition) is 2. The van der Waals surface area contributed by atoms with E-state index in [1.54, 1.807) is 0 Å². The van der Waals surface area contributed by atoms with E-state index < -0.39 is 9.84 Å². The summed E-state index contributed by atoms with van der Waals surface area (Å²) in [5.41, 5.74) is 7.22. The van der Waals surface area contributed by atoms with Crippen LogP contribution in [0.25, 0.3) is 22.4 Å². The van der Waals surface area contributed by atoms with Gasteiger partial charge in [-0.1, -0.05) is 86.6 Å². The highest BCUT2D eigenvalue weighted by molar-refractivity contribution is 7.91. The van der Waals surface area contributed by atoms with Crippen molar-refractivity contribution in [2.45, 2.75) is 45.3 Å². The number of carbonyl (C=O) groups excluding carboxylic acids is 2. The Hall–Kier alpha value is -5.10. The van der Waals surface area contributed by atoms with E-state index in [1.165, 1.54) is 0 Å². The molecule has 0 saturated carbocycles. The number of rotatable bonds is 12. The van der Waals surface area contributed by atoms with Crippen molar-refractivity contribution in [3.63, 3.8) is 0 Å². The third-order valence-corrected chi connectivity index (χ3v) is 12.3. The second kappa shape index (κ2) is 16.5. The highest BCUT2D eigenvalue weighted by atomic mass is 32.2. The van der Waals surface area contributed by atoms with Crippen LogP contribution in [0, 0.1) is 0 Å². The molecule has 7 rings (SSSR count). The normalized spacial score (nSPS) is 17.8. The van der Waals surface area contributed by atoms with Crippen molar-refractivity contribution in [1.82, 2.24) is 24.7 Å². The van der Waals surface area contributed by atoms with Gasteiger partial charge in [0.1, 0.15) is 11.9 Å². The van der Waals surface area contributed by atoms with Crippen molar-refractivity contribution in [2.75, 3.05) is 49.5 Å². The SMILES string of the molecule is CCN(CC)C(C(=O)N1CCCC1c1ncc(-c2cccc(-c3ccc(C(=O)Nc4ccc(CN5CCS(=O)(=O)CC5)cc4)cc3)c2)[nH]1)c1ccccc1. The maximum atomic E-state index is 14.2. The van der Waals surface area contributed by atoms with Crippen LogP contribution < -0.4 is 5.32 Å². The van der Waals surface area contributed by atoms with Gasteiger partial charge in [-0.2, -0.15) is 0 Å². The number of hydrogen-bond acceptors (Lipinski definition) is 7. The summed E-state index contributed by atoms with van der Waals surface area (Å²) >= 11 is 0. The van der Waals surface area contributed by atoms with Crippen LogP contribution >= 0.6 is 0 Å². The minimum absolute atomic E-state index is 0.115. The fourth-order valence-corrected chi connectivity index (χ4v) is 8.88. The Balaban J connectivity index is 0.996. The lowest BCUT2D eigenvalue weighted by Gasteiger charge is -2.34. The Labute approximate surface area is 318 Å². The van der Waals surface area contributed by atoms with E-state index in [9.17, 15) is 18.0 Å². The van der Waals surface area contributed by atoms with Gasteiger partial charge in [-0.25, -0.2) is 13.4 Å². The number of sulfone groups is 1. The average Bonchev–Trinajstić information content (AvgIpc) is 3.90. The van der Waals surface area contributed by atoms with Gasteiger partial charge in [0, 0.05) is 43.0 Å². The highest BCUT2D eigenvalue weighted by Crippen LogP contribution is 2.36. The van der Waals surface area contributed by atoms with Gasteiger partial charge >= 0.3 is 0 Å². The predicted octanol–water partition coefficient (Wildman–Crippen LogP) is 6.97. The lowest BCUT2D eigenvalue weighted by atomic mass is 10.0. The molecule has 2 unspecified atom stereocenters. The van der Waals surface area contributed by atoms with E-state index in [0.29, 0.717) is 37.4 Å². The molecule has 11 heteroatoms. The number of likely N-dealkylation sites (tertiary alicyclic amines) is 1. The molecule has 0 radical (unpaired) electrons. The van der Waals surface area contributed by atoms with Gasteiger partial charge in [-0.3, -0.25) is 19.4 Å². The van der Waals surface area contributed by atoms with E-state index in [0.717, 1.165) is 65.3 Å². The lowest BCUT2D eigenvalue weighted by Crippen LogP contribution is -2.43. The number of aromatic nitrogens is 2. The van der Waals surface area contributed by atoms with Crippen LogP contribution in [0.3, 0.4) is 0 Å². The van der Waals surface area contributed by atoms with Crippen LogP contribution in [-0.2, 0) is 21.2 Å². The number of aromatic amines is 1. The van der Waals surface area contributed by atoms with E-state index in [4.69, 9.17) is 4.98 Å². The molecule has 0 aliphatic carbocycles. The summed E-state index contributed by atoms with van der Waals surface area (Å²) in [5.74, 6) is 1.13. The second-order valence-corrected chi connectivity index (χ2v) is 16.4. The standard InChI is InChI=1S/C43H48N6O4S/c1-3-48(4-2)40(33-10-6-5-7-11-33)43(51)49-23-9-14-39(49)41-44-29-38(46-41)36-13-8-12-35(28-36)32-17-19-34(20-18-32)42(50)45-37-21-15-31(16-22-37)30-47-24-26-54(52,53)27-25-47/h5-8,10-13,15-22,28-29,39-40H,3-4,9,14,23-27,30H2,1-2H3,(H,44,46)(H,45,50). The monoisotopic (exact) mass is 744 g/mol. The molecule has 2 amide bonds. The average molecular weight is 745 g/mol. The quantitative estimate of drug-likeness (QED) is 0.142. The summed E-state index contributed by atoms with van der Waals surface area (Å²) in [7, 11) is -2.91. The van der Waals surface area contributed by atoms with Crippen molar-refractivity contribution < 1.29 is 18.0 Å². The molecular formula is C43H48N6O4S. The van der Waals surface area contributed by atoms with E-state index in [1.807, 2.05) is 102 Å². The molecule has 54 heavy (non-hydrogen) atoms. The zero-order chi connectivity index (χ0) is 37.7. The van der Waals surface area contributed by atoms with Gasteiger partial charge in [-0.15, -0.1) is 0 Å².